The third-order valence-electron chi connectivity index (χ3n) is 8.13. The number of hydrogen-bond donors (Lipinski definition) is 2. The van der Waals surface area contributed by atoms with E-state index in [1.165, 1.54) is 11.1 Å². The van der Waals surface area contributed by atoms with Crippen LogP contribution in [0.25, 0.3) is 22.0 Å². The molecule has 0 radical (unpaired) electrons. The number of hydrogen-bond acceptors (Lipinski definition) is 4. The predicted molar refractivity (Wildman–Crippen MR) is 149 cm³/mol. The molecule has 6 rings (SSSR count). The number of amides is 1. The van der Waals surface area contributed by atoms with Crippen LogP contribution >= 0.6 is 0 Å². The Morgan fingerprint density at radius 1 is 1.03 bits per heavy atom. The molecule has 37 heavy (non-hydrogen) atoms. The number of nitrogens with one attached hydrogen (secondary N) is 2. The number of aromatic nitrogens is 3. The van der Waals surface area contributed by atoms with Crippen molar-refractivity contribution in [3.63, 3.8) is 0 Å². The number of H-pyrrole nitrogens is 1. The van der Waals surface area contributed by atoms with Gasteiger partial charge in [-0.15, -0.1) is 0 Å². The first kappa shape index (κ1) is 23.7. The van der Waals surface area contributed by atoms with Gasteiger partial charge in [-0.2, -0.15) is 0 Å². The van der Waals surface area contributed by atoms with Crippen LogP contribution in [-0.4, -0.2) is 40.0 Å². The smallest absolute Gasteiger partial charge is 0.223 e. The van der Waals surface area contributed by atoms with E-state index in [9.17, 15) is 4.79 Å². The van der Waals surface area contributed by atoms with Gasteiger partial charge in [-0.1, -0.05) is 48.4 Å². The van der Waals surface area contributed by atoms with Gasteiger partial charge in [-0.05, 0) is 62.8 Å². The van der Waals surface area contributed by atoms with Crippen molar-refractivity contribution in [3.05, 3.63) is 78.4 Å². The van der Waals surface area contributed by atoms with Gasteiger partial charge in [0.25, 0.3) is 0 Å². The first-order chi connectivity index (χ1) is 18.1. The molecule has 6 nitrogen and oxygen atoms in total. The van der Waals surface area contributed by atoms with Gasteiger partial charge in [-0.3, -0.25) is 4.79 Å². The zero-order valence-electron chi connectivity index (χ0n) is 21.5. The summed E-state index contributed by atoms with van der Waals surface area (Å²) in [5, 5.41) is 4.55. The summed E-state index contributed by atoms with van der Waals surface area (Å²) in [6.45, 7) is 3.79. The van der Waals surface area contributed by atoms with Crippen molar-refractivity contribution in [1.29, 1.82) is 0 Å². The number of aryl methyl sites for hydroxylation is 1. The van der Waals surface area contributed by atoms with Crippen molar-refractivity contribution in [2.75, 3.05) is 18.0 Å². The maximum atomic E-state index is 13.2. The quantitative estimate of drug-likeness (QED) is 0.358. The molecule has 2 N–H and O–H groups in total. The standard InChI is InChI=1S/C31H35N5O/c1-21-10-11-28-25(18-21)20-27(22-6-3-2-4-7-22)30(35-28)36-16-12-23(13-17-36)31(37)34-26-9-5-8-24(19-26)29-32-14-15-33-29/h2-4,6-7,10-11,14-15,18,20,23-24,26H,5,8-9,12-13,16-17,19H2,1H3,(H,32,33)(H,34,37)/t24-,26-/m0/s1. The van der Waals surface area contributed by atoms with Crippen LogP contribution in [0.2, 0.25) is 0 Å². The maximum absolute atomic E-state index is 13.2. The second-order valence-corrected chi connectivity index (χ2v) is 10.7. The molecular formula is C31H35N5O. The molecule has 2 aliphatic rings. The van der Waals surface area contributed by atoms with E-state index >= 15 is 0 Å². The Labute approximate surface area is 218 Å². The van der Waals surface area contributed by atoms with Crippen molar-refractivity contribution in [1.82, 2.24) is 20.3 Å². The van der Waals surface area contributed by atoms with E-state index in [0.717, 1.165) is 79.7 Å². The van der Waals surface area contributed by atoms with Gasteiger partial charge in [0, 0.05) is 54.3 Å². The van der Waals surface area contributed by atoms with E-state index in [1.807, 2.05) is 12.4 Å². The first-order valence-corrected chi connectivity index (χ1v) is 13.7. The molecule has 3 heterocycles. The fraction of sp³-hybridized carbons (Fsp3) is 0.387. The molecule has 2 aromatic heterocycles. The van der Waals surface area contributed by atoms with Gasteiger partial charge in [0.1, 0.15) is 11.6 Å². The average molecular weight is 494 g/mol. The summed E-state index contributed by atoms with van der Waals surface area (Å²) in [6, 6.07) is 19.5. The van der Waals surface area contributed by atoms with Gasteiger partial charge >= 0.3 is 0 Å². The minimum atomic E-state index is 0.0588. The summed E-state index contributed by atoms with van der Waals surface area (Å²) in [4.78, 5) is 28.4. The number of anilines is 1. The second-order valence-electron chi connectivity index (χ2n) is 10.7. The zero-order valence-corrected chi connectivity index (χ0v) is 21.5. The number of carbonyl (C=O) groups is 1. The summed E-state index contributed by atoms with van der Waals surface area (Å²) in [7, 11) is 0. The molecule has 1 amide bonds. The van der Waals surface area contributed by atoms with Crippen molar-refractivity contribution < 1.29 is 4.79 Å². The molecule has 2 atom stereocenters. The van der Waals surface area contributed by atoms with E-state index in [-0.39, 0.29) is 17.9 Å². The van der Waals surface area contributed by atoms with Gasteiger partial charge in [0.2, 0.25) is 5.91 Å². The fourth-order valence-corrected chi connectivity index (χ4v) is 6.10. The van der Waals surface area contributed by atoms with E-state index in [2.05, 4.69) is 81.7 Å². The minimum absolute atomic E-state index is 0.0588. The molecule has 6 heteroatoms. The number of rotatable bonds is 5. The Kier molecular flexibility index (Phi) is 6.64. The minimum Gasteiger partial charge on any atom is -0.356 e. The summed E-state index contributed by atoms with van der Waals surface area (Å²) >= 11 is 0. The average Bonchev–Trinajstić information content (AvgIpc) is 3.48. The highest BCUT2D eigenvalue weighted by Gasteiger charge is 2.31. The zero-order chi connectivity index (χ0) is 25.2. The molecule has 0 spiro atoms. The van der Waals surface area contributed by atoms with Gasteiger partial charge < -0.3 is 15.2 Å². The molecule has 4 aromatic rings. The van der Waals surface area contributed by atoms with Crippen LogP contribution in [-0.2, 0) is 4.79 Å². The van der Waals surface area contributed by atoms with E-state index in [4.69, 9.17) is 4.98 Å². The van der Waals surface area contributed by atoms with Crippen molar-refractivity contribution >= 4 is 22.6 Å². The van der Waals surface area contributed by atoms with Crippen LogP contribution in [0.15, 0.2) is 67.0 Å². The van der Waals surface area contributed by atoms with Crippen molar-refractivity contribution in [2.24, 2.45) is 5.92 Å². The SMILES string of the molecule is Cc1ccc2nc(N3CCC(C(=O)N[C@H]4CCC[C@H](c5ncc[nH]5)C4)CC3)c(-c3ccccc3)cc2c1. The Bertz CT molecular complexity index is 1360. The number of imidazole rings is 1. The van der Waals surface area contributed by atoms with Crippen LogP contribution in [0, 0.1) is 12.8 Å². The third-order valence-corrected chi connectivity index (χ3v) is 8.13. The summed E-state index contributed by atoms with van der Waals surface area (Å²) in [6.07, 6.45) is 9.70. The molecule has 190 valence electrons. The molecule has 2 aromatic carbocycles. The van der Waals surface area contributed by atoms with E-state index < -0.39 is 0 Å². The molecule has 1 saturated heterocycles. The molecule has 1 aliphatic carbocycles. The van der Waals surface area contributed by atoms with Crippen LogP contribution in [0.4, 0.5) is 5.82 Å². The maximum Gasteiger partial charge on any atom is 0.223 e. The van der Waals surface area contributed by atoms with E-state index in [1.54, 1.807) is 0 Å². The second kappa shape index (κ2) is 10.4. The lowest BCUT2D eigenvalue weighted by molar-refractivity contribution is -0.126. The highest BCUT2D eigenvalue weighted by molar-refractivity contribution is 5.90. The van der Waals surface area contributed by atoms with Crippen molar-refractivity contribution in [3.8, 4) is 11.1 Å². The van der Waals surface area contributed by atoms with Gasteiger partial charge in [-0.25, -0.2) is 9.97 Å². The number of benzene rings is 2. The summed E-state index contributed by atoms with van der Waals surface area (Å²) in [5.41, 5.74) is 4.59. The predicted octanol–water partition coefficient (Wildman–Crippen LogP) is 5.99. The van der Waals surface area contributed by atoms with Crippen LogP contribution in [0.3, 0.4) is 0 Å². The number of aromatic amines is 1. The topological polar surface area (TPSA) is 73.9 Å². The van der Waals surface area contributed by atoms with Gasteiger partial charge in [0.15, 0.2) is 0 Å². The molecule has 2 fully saturated rings. The highest BCUT2D eigenvalue weighted by atomic mass is 16.1. The molecular weight excluding hydrogens is 458 g/mol. The Balaban J connectivity index is 1.15. The summed E-state index contributed by atoms with van der Waals surface area (Å²) in [5.74, 6) is 2.77. The third kappa shape index (κ3) is 5.10. The Hall–Kier alpha value is -3.67. The number of fused-ring (bicyclic) bond motifs is 1. The van der Waals surface area contributed by atoms with Crippen LogP contribution in [0.5, 0.6) is 0 Å². The normalized spacial score (nSPS) is 20.7. The van der Waals surface area contributed by atoms with Crippen molar-refractivity contribution in [2.45, 2.75) is 57.4 Å². The molecule has 0 bridgehead atoms. The van der Waals surface area contributed by atoms with Gasteiger partial charge in [0.05, 0.1) is 5.52 Å². The summed E-state index contributed by atoms with van der Waals surface area (Å²) < 4.78 is 0. The van der Waals surface area contributed by atoms with Crippen LogP contribution < -0.4 is 10.2 Å². The number of pyridine rings is 1. The lowest BCUT2D eigenvalue weighted by Crippen LogP contribution is -2.45. The lowest BCUT2D eigenvalue weighted by Gasteiger charge is -2.35. The Morgan fingerprint density at radius 3 is 2.65 bits per heavy atom. The van der Waals surface area contributed by atoms with Crippen LogP contribution in [0.1, 0.15) is 55.8 Å². The number of piperidine rings is 1. The largest absolute Gasteiger partial charge is 0.356 e. The van der Waals surface area contributed by atoms with E-state index in [0.29, 0.717) is 5.92 Å². The monoisotopic (exact) mass is 493 g/mol. The number of carbonyl (C=O) groups excluding carboxylic acids is 1. The molecule has 0 unspecified atom stereocenters. The fourth-order valence-electron chi connectivity index (χ4n) is 6.10. The molecule has 1 aliphatic heterocycles. The lowest BCUT2D eigenvalue weighted by atomic mass is 9.84. The molecule has 1 saturated carbocycles. The first-order valence-electron chi connectivity index (χ1n) is 13.7. The highest BCUT2D eigenvalue weighted by Crippen LogP contribution is 2.35. The number of nitrogens with zero attached hydrogens (tertiary/aromatic N) is 3. The Morgan fingerprint density at radius 2 is 1.86 bits per heavy atom.